The molecule has 3 N–H and O–H groups in total. The summed E-state index contributed by atoms with van der Waals surface area (Å²) in [7, 11) is 1.58. The Kier molecular flexibility index (Phi) is 2.56. The molecule has 2 unspecified atom stereocenters. The maximum atomic E-state index is 10.1. The fourth-order valence-electron chi connectivity index (χ4n) is 1.90. The van der Waals surface area contributed by atoms with Crippen LogP contribution in [-0.2, 0) is 0 Å². The van der Waals surface area contributed by atoms with E-state index in [0.29, 0.717) is 17.1 Å². The van der Waals surface area contributed by atoms with Gasteiger partial charge in [0, 0.05) is 5.56 Å². The molecule has 0 amide bonds. The summed E-state index contributed by atoms with van der Waals surface area (Å²) in [6, 6.07) is 4.91. The van der Waals surface area contributed by atoms with Crippen molar-refractivity contribution < 1.29 is 14.6 Å². The Balaban J connectivity index is 2.47. The molecular weight excluding hydrogens is 206 g/mol. The van der Waals surface area contributed by atoms with Crippen molar-refractivity contribution in [2.45, 2.75) is 31.6 Å². The second-order valence-corrected chi connectivity index (χ2v) is 4.58. The van der Waals surface area contributed by atoms with Gasteiger partial charge in [-0.25, -0.2) is 0 Å². The molecule has 1 heterocycles. The van der Waals surface area contributed by atoms with Crippen LogP contribution in [0.1, 0.15) is 25.5 Å². The Labute approximate surface area is 95.0 Å². The van der Waals surface area contributed by atoms with Gasteiger partial charge in [0.2, 0.25) is 0 Å². The van der Waals surface area contributed by atoms with Crippen LogP contribution in [0, 0.1) is 0 Å². The monoisotopic (exact) mass is 223 g/mol. The lowest BCUT2D eigenvalue weighted by molar-refractivity contribution is -0.0118. The van der Waals surface area contributed by atoms with Crippen LogP contribution in [0.2, 0.25) is 0 Å². The zero-order valence-corrected chi connectivity index (χ0v) is 9.73. The Bertz CT molecular complexity index is 403. The number of ether oxygens (including phenoxy) is 2. The summed E-state index contributed by atoms with van der Waals surface area (Å²) in [5.41, 5.74) is 6.06. The van der Waals surface area contributed by atoms with Crippen LogP contribution in [0.5, 0.6) is 11.5 Å². The van der Waals surface area contributed by atoms with Crippen LogP contribution < -0.4 is 15.2 Å². The summed E-state index contributed by atoms with van der Waals surface area (Å²) in [5.74, 6) is 1.35. The minimum Gasteiger partial charge on any atom is -0.497 e. The predicted octanol–water partition coefficient (Wildman–Crippen LogP) is 1.23. The number of rotatable bonds is 1. The van der Waals surface area contributed by atoms with Crippen LogP contribution >= 0.6 is 0 Å². The van der Waals surface area contributed by atoms with Crippen LogP contribution in [0.15, 0.2) is 18.2 Å². The first-order valence-electron chi connectivity index (χ1n) is 5.26. The molecule has 0 aliphatic carbocycles. The first-order chi connectivity index (χ1) is 7.45. The zero-order valence-electron chi connectivity index (χ0n) is 9.73. The van der Waals surface area contributed by atoms with Gasteiger partial charge >= 0.3 is 0 Å². The average Bonchev–Trinajstić information content (AvgIpc) is 2.25. The van der Waals surface area contributed by atoms with Gasteiger partial charge in [-0.15, -0.1) is 0 Å². The molecule has 1 aliphatic heterocycles. The number of fused-ring (bicyclic) bond motifs is 1. The summed E-state index contributed by atoms with van der Waals surface area (Å²) in [6.45, 7) is 3.74. The summed E-state index contributed by atoms with van der Waals surface area (Å²) in [5, 5.41) is 10.1. The number of hydrogen-bond acceptors (Lipinski definition) is 4. The molecule has 4 nitrogen and oxygen atoms in total. The van der Waals surface area contributed by atoms with E-state index >= 15 is 0 Å². The van der Waals surface area contributed by atoms with E-state index in [4.69, 9.17) is 15.2 Å². The Hall–Kier alpha value is -1.26. The minimum absolute atomic E-state index is 0.452. The molecule has 0 saturated heterocycles. The fraction of sp³-hybridized carbons (Fsp3) is 0.500. The van der Waals surface area contributed by atoms with Crippen LogP contribution in [-0.4, -0.2) is 23.9 Å². The van der Waals surface area contributed by atoms with Crippen LogP contribution in [0.3, 0.4) is 0 Å². The molecule has 2 rings (SSSR count). The molecule has 1 aliphatic rings. The molecule has 0 fully saturated rings. The molecule has 0 spiro atoms. The highest BCUT2D eigenvalue weighted by Crippen LogP contribution is 2.40. The number of aliphatic hydroxyl groups is 1. The third kappa shape index (κ3) is 1.64. The lowest BCUT2D eigenvalue weighted by atomic mass is 9.87. The summed E-state index contributed by atoms with van der Waals surface area (Å²) < 4.78 is 10.9. The lowest BCUT2D eigenvalue weighted by Gasteiger charge is -2.40. The van der Waals surface area contributed by atoms with Gasteiger partial charge in [-0.05, 0) is 32.0 Å². The Morgan fingerprint density at radius 2 is 2.12 bits per heavy atom. The molecule has 0 aromatic heterocycles. The number of hydrogen-bond donors (Lipinski definition) is 2. The van der Waals surface area contributed by atoms with E-state index in [1.54, 1.807) is 25.3 Å². The van der Waals surface area contributed by atoms with Gasteiger partial charge in [0.25, 0.3) is 0 Å². The second-order valence-electron chi connectivity index (χ2n) is 4.58. The Morgan fingerprint density at radius 3 is 2.75 bits per heavy atom. The molecule has 4 heteroatoms. The number of nitrogens with two attached hydrogens (primary N) is 1. The van der Waals surface area contributed by atoms with Crippen molar-refractivity contribution in [1.29, 1.82) is 0 Å². The molecular formula is C12H17NO3. The summed E-state index contributed by atoms with van der Waals surface area (Å²) in [6.07, 6.45) is -0.728. The highest BCUT2D eigenvalue weighted by atomic mass is 16.5. The largest absolute Gasteiger partial charge is 0.497 e. The molecule has 1 aromatic carbocycles. The number of methoxy groups -OCH3 is 1. The van der Waals surface area contributed by atoms with E-state index < -0.39 is 17.7 Å². The predicted molar refractivity (Wildman–Crippen MR) is 60.6 cm³/mol. The van der Waals surface area contributed by atoms with Crippen LogP contribution in [0.4, 0.5) is 0 Å². The first kappa shape index (κ1) is 11.2. The van der Waals surface area contributed by atoms with E-state index in [0.717, 1.165) is 0 Å². The maximum Gasteiger partial charge on any atom is 0.126 e. The van der Waals surface area contributed by atoms with Crippen molar-refractivity contribution in [2.24, 2.45) is 5.73 Å². The van der Waals surface area contributed by atoms with Crippen molar-refractivity contribution in [2.75, 3.05) is 7.11 Å². The Morgan fingerprint density at radius 1 is 1.44 bits per heavy atom. The smallest absolute Gasteiger partial charge is 0.126 e. The molecule has 0 radical (unpaired) electrons. The van der Waals surface area contributed by atoms with Gasteiger partial charge in [0.15, 0.2) is 0 Å². The molecule has 0 saturated carbocycles. The molecule has 2 atom stereocenters. The highest BCUT2D eigenvalue weighted by molar-refractivity contribution is 5.44. The normalized spacial score (nSPS) is 26.8. The average molecular weight is 223 g/mol. The summed E-state index contributed by atoms with van der Waals surface area (Å²) in [4.78, 5) is 0. The van der Waals surface area contributed by atoms with Crippen molar-refractivity contribution in [1.82, 2.24) is 0 Å². The standard InChI is InChI=1S/C12H17NO3/c1-12(2)11(13)10(14)8-6-7(15-3)4-5-9(8)16-12/h4-6,10-11,14H,13H2,1-3H3. The van der Waals surface area contributed by atoms with Gasteiger partial charge in [-0.1, -0.05) is 0 Å². The summed E-state index contributed by atoms with van der Waals surface area (Å²) >= 11 is 0. The number of benzene rings is 1. The molecule has 1 aromatic rings. The van der Waals surface area contributed by atoms with E-state index in [-0.39, 0.29) is 0 Å². The van der Waals surface area contributed by atoms with E-state index in [1.165, 1.54) is 0 Å². The van der Waals surface area contributed by atoms with Crippen LogP contribution in [0.25, 0.3) is 0 Å². The lowest BCUT2D eigenvalue weighted by Crippen LogP contribution is -2.53. The topological polar surface area (TPSA) is 64.7 Å². The fourth-order valence-corrected chi connectivity index (χ4v) is 1.90. The third-order valence-corrected chi connectivity index (χ3v) is 3.05. The number of aliphatic hydroxyl groups excluding tert-OH is 1. The quantitative estimate of drug-likeness (QED) is 0.751. The minimum atomic E-state index is -0.728. The zero-order chi connectivity index (χ0) is 11.9. The second kappa shape index (κ2) is 3.64. The van der Waals surface area contributed by atoms with Gasteiger partial charge in [-0.3, -0.25) is 0 Å². The first-order valence-corrected chi connectivity index (χ1v) is 5.26. The highest BCUT2D eigenvalue weighted by Gasteiger charge is 2.40. The van der Waals surface area contributed by atoms with Crippen molar-refractivity contribution in [3.8, 4) is 11.5 Å². The van der Waals surface area contributed by atoms with Crippen molar-refractivity contribution in [3.63, 3.8) is 0 Å². The van der Waals surface area contributed by atoms with E-state index in [2.05, 4.69) is 0 Å². The SMILES string of the molecule is COc1ccc2c(c1)C(O)C(N)C(C)(C)O2. The van der Waals surface area contributed by atoms with Gasteiger partial charge in [0.1, 0.15) is 23.2 Å². The van der Waals surface area contributed by atoms with E-state index in [9.17, 15) is 5.11 Å². The molecule has 88 valence electrons. The molecule has 0 bridgehead atoms. The van der Waals surface area contributed by atoms with Crippen molar-refractivity contribution >= 4 is 0 Å². The van der Waals surface area contributed by atoms with Gasteiger partial charge < -0.3 is 20.3 Å². The van der Waals surface area contributed by atoms with E-state index in [1.807, 2.05) is 13.8 Å². The maximum absolute atomic E-state index is 10.1. The third-order valence-electron chi connectivity index (χ3n) is 3.05. The van der Waals surface area contributed by atoms with Gasteiger partial charge in [-0.2, -0.15) is 0 Å². The van der Waals surface area contributed by atoms with Gasteiger partial charge in [0.05, 0.1) is 13.2 Å². The van der Waals surface area contributed by atoms with Crippen molar-refractivity contribution in [3.05, 3.63) is 23.8 Å². The molecule has 16 heavy (non-hydrogen) atoms.